The molecule has 3 aromatic carbocycles. The number of halogens is 2. The highest BCUT2D eigenvalue weighted by atomic mass is 35.5. The van der Waals surface area contributed by atoms with Gasteiger partial charge in [-0.05, 0) is 52.8 Å². The van der Waals surface area contributed by atoms with E-state index < -0.39 is 5.82 Å². The zero-order valence-electron chi connectivity index (χ0n) is 19.1. The van der Waals surface area contributed by atoms with Crippen LogP contribution in [0.2, 0.25) is 5.02 Å². The zero-order valence-corrected chi connectivity index (χ0v) is 19.8. The van der Waals surface area contributed by atoms with Crippen molar-refractivity contribution in [2.75, 3.05) is 18.9 Å². The number of benzene rings is 3. The first-order valence-electron chi connectivity index (χ1n) is 10.8. The van der Waals surface area contributed by atoms with Gasteiger partial charge in [0.25, 0.3) is 5.91 Å². The first-order chi connectivity index (χ1) is 15.2. The summed E-state index contributed by atoms with van der Waals surface area (Å²) in [5.41, 5.74) is 4.56. The summed E-state index contributed by atoms with van der Waals surface area (Å²) in [6, 6.07) is 20.7. The SMILES string of the molecule is CNc1ccccc1C(=O)N(CCc1ccc(Cl)c(F)c1)Cc1ccc(C(C)(C)C)cc1. The van der Waals surface area contributed by atoms with Crippen LogP contribution in [0.1, 0.15) is 47.8 Å². The highest BCUT2D eigenvalue weighted by Crippen LogP contribution is 2.24. The van der Waals surface area contributed by atoms with Crippen LogP contribution in [-0.2, 0) is 18.4 Å². The quantitative estimate of drug-likeness (QED) is 0.432. The number of anilines is 1. The van der Waals surface area contributed by atoms with E-state index in [9.17, 15) is 9.18 Å². The fraction of sp³-hybridized carbons (Fsp3) is 0.296. The predicted octanol–water partition coefficient (Wildman–Crippen LogP) is 6.70. The molecule has 0 saturated carbocycles. The van der Waals surface area contributed by atoms with E-state index in [0.717, 1.165) is 16.8 Å². The van der Waals surface area contributed by atoms with Gasteiger partial charge in [0, 0.05) is 25.8 Å². The molecule has 3 aromatic rings. The molecule has 5 heteroatoms. The molecule has 0 fully saturated rings. The predicted molar refractivity (Wildman–Crippen MR) is 131 cm³/mol. The van der Waals surface area contributed by atoms with Crippen LogP contribution in [0.5, 0.6) is 0 Å². The third kappa shape index (κ3) is 5.89. The lowest BCUT2D eigenvalue weighted by atomic mass is 9.87. The molecule has 0 aromatic heterocycles. The largest absolute Gasteiger partial charge is 0.387 e. The van der Waals surface area contributed by atoms with E-state index in [4.69, 9.17) is 11.6 Å². The number of carbonyl (C=O) groups is 1. The maximum absolute atomic E-state index is 13.9. The van der Waals surface area contributed by atoms with Gasteiger partial charge in [-0.2, -0.15) is 0 Å². The highest BCUT2D eigenvalue weighted by Gasteiger charge is 2.20. The Balaban J connectivity index is 1.86. The minimum absolute atomic E-state index is 0.0655. The summed E-state index contributed by atoms with van der Waals surface area (Å²) in [5.74, 6) is -0.510. The average Bonchev–Trinajstić information content (AvgIpc) is 2.78. The van der Waals surface area contributed by atoms with Gasteiger partial charge in [0.2, 0.25) is 0 Å². The number of rotatable bonds is 7. The molecule has 0 aliphatic heterocycles. The topological polar surface area (TPSA) is 32.3 Å². The van der Waals surface area contributed by atoms with Crippen LogP contribution in [0, 0.1) is 5.82 Å². The van der Waals surface area contributed by atoms with Crippen molar-refractivity contribution in [3.8, 4) is 0 Å². The summed E-state index contributed by atoms with van der Waals surface area (Å²) < 4.78 is 13.9. The lowest BCUT2D eigenvalue weighted by molar-refractivity contribution is 0.0746. The normalized spacial score (nSPS) is 11.3. The number of nitrogens with zero attached hydrogens (tertiary/aromatic N) is 1. The molecule has 32 heavy (non-hydrogen) atoms. The smallest absolute Gasteiger partial charge is 0.256 e. The Labute approximate surface area is 195 Å². The van der Waals surface area contributed by atoms with E-state index in [1.54, 1.807) is 19.2 Å². The molecule has 0 heterocycles. The van der Waals surface area contributed by atoms with Gasteiger partial charge in [-0.25, -0.2) is 4.39 Å². The van der Waals surface area contributed by atoms with Crippen LogP contribution in [0.15, 0.2) is 66.7 Å². The number of para-hydroxylation sites is 1. The second-order valence-corrected chi connectivity index (χ2v) is 9.37. The number of nitrogens with one attached hydrogen (secondary N) is 1. The standard InChI is InChI=1S/C27H30ClFN2O/c1-27(2,3)21-12-9-20(10-13-21)18-31(16-15-19-11-14-23(28)24(29)17-19)26(32)22-7-5-6-8-25(22)30-4/h5-14,17,30H,15-16,18H2,1-4H3. The fourth-order valence-corrected chi connectivity index (χ4v) is 3.72. The Kier molecular flexibility index (Phi) is 7.57. The van der Waals surface area contributed by atoms with Crippen molar-refractivity contribution in [2.45, 2.75) is 39.2 Å². The second kappa shape index (κ2) is 10.2. The molecular formula is C27H30ClFN2O. The van der Waals surface area contributed by atoms with Crippen LogP contribution >= 0.6 is 11.6 Å². The summed E-state index contributed by atoms with van der Waals surface area (Å²) in [7, 11) is 1.80. The van der Waals surface area contributed by atoms with Crippen molar-refractivity contribution in [2.24, 2.45) is 0 Å². The summed E-state index contributed by atoms with van der Waals surface area (Å²) in [5, 5.41) is 3.20. The van der Waals surface area contributed by atoms with E-state index in [1.165, 1.54) is 11.6 Å². The molecule has 0 aliphatic carbocycles. The van der Waals surface area contributed by atoms with Crippen molar-refractivity contribution < 1.29 is 9.18 Å². The van der Waals surface area contributed by atoms with E-state index in [2.05, 4.69) is 50.4 Å². The minimum atomic E-state index is -0.444. The molecule has 1 N–H and O–H groups in total. The number of amides is 1. The van der Waals surface area contributed by atoms with Gasteiger partial charge in [-0.3, -0.25) is 4.79 Å². The van der Waals surface area contributed by atoms with Crippen molar-refractivity contribution in [1.29, 1.82) is 0 Å². The Morgan fingerprint density at radius 3 is 2.28 bits per heavy atom. The van der Waals surface area contributed by atoms with Crippen LogP contribution in [0.25, 0.3) is 0 Å². The van der Waals surface area contributed by atoms with Crippen molar-refractivity contribution in [3.05, 3.63) is 99.8 Å². The van der Waals surface area contributed by atoms with Gasteiger partial charge in [0.15, 0.2) is 0 Å². The lowest BCUT2D eigenvalue weighted by Crippen LogP contribution is -2.33. The molecule has 1 amide bonds. The minimum Gasteiger partial charge on any atom is -0.387 e. The number of hydrogen-bond donors (Lipinski definition) is 1. The lowest BCUT2D eigenvalue weighted by Gasteiger charge is -2.25. The molecular weight excluding hydrogens is 423 g/mol. The van der Waals surface area contributed by atoms with Crippen LogP contribution < -0.4 is 5.32 Å². The highest BCUT2D eigenvalue weighted by molar-refractivity contribution is 6.30. The molecule has 0 atom stereocenters. The third-order valence-electron chi connectivity index (χ3n) is 5.56. The van der Waals surface area contributed by atoms with Crippen LogP contribution in [0.3, 0.4) is 0 Å². The summed E-state index contributed by atoms with van der Waals surface area (Å²) in [6.07, 6.45) is 0.529. The van der Waals surface area contributed by atoms with E-state index in [-0.39, 0.29) is 16.3 Å². The molecule has 3 rings (SSSR count). The van der Waals surface area contributed by atoms with Gasteiger partial charge in [-0.15, -0.1) is 0 Å². The van der Waals surface area contributed by atoms with Crippen molar-refractivity contribution in [3.63, 3.8) is 0 Å². The third-order valence-corrected chi connectivity index (χ3v) is 5.87. The Morgan fingerprint density at radius 1 is 1.00 bits per heavy atom. The summed E-state index contributed by atoms with van der Waals surface area (Å²) in [6.45, 7) is 7.46. The zero-order chi connectivity index (χ0) is 23.3. The number of carbonyl (C=O) groups excluding carboxylic acids is 1. The molecule has 0 aliphatic rings. The van der Waals surface area contributed by atoms with E-state index in [1.807, 2.05) is 29.2 Å². The average molecular weight is 453 g/mol. The Bertz CT molecular complexity index is 1070. The summed E-state index contributed by atoms with van der Waals surface area (Å²) >= 11 is 5.81. The van der Waals surface area contributed by atoms with E-state index in [0.29, 0.717) is 25.1 Å². The fourth-order valence-electron chi connectivity index (χ4n) is 3.60. The summed E-state index contributed by atoms with van der Waals surface area (Å²) in [4.78, 5) is 15.3. The molecule has 0 saturated heterocycles. The van der Waals surface area contributed by atoms with Gasteiger partial charge < -0.3 is 10.2 Å². The van der Waals surface area contributed by atoms with Crippen LogP contribution in [-0.4, -0.2) is 24.4 Å². The molecule has 3 nitrogen and oxygen atoms in total. The van der Waals surface area contributed by atoms with E-state index >= 15 is 0 Å². The van der Waals surface area contributed by atoms with Gasteiger partial charge in [-0.1, -0.05) is 74.8 Å². The molecule has 0 unspecified atom stereocenters. The van der Waals surface area contributed by atoms with Crippen molar-refractivity contribution >= 4 is 23.2 Å². The maximum atomic E-state index is 13.9. The first-order valence-corrected chi connectivity index (χ1v) is 11.2. The van der Waals surface area contributed by atoms with Gasteiger partial charge in [0.1, 0.15) is 5.82 Å². The van der Waals surface area contributed by atoms with Gasteiger partial charge >= 0.3 is 0 Å². The number of hydrogen-bond acceptors (Lipinski definition) is 2. The molecule has 168 valence electrons. The van der Waals surface area contributed by atoms with Crippen molar-refractivity contribution in [1.82, 2.24) is 4.90 Å². The molecule has 0 radical (unpaired) electrons. The Hall–Kier alpha value is -2.85. The second-order valence-electron chi connectivity index (χ2n) is 8.97. The maximum Gasteiger partial charge on any atom is 0.256 e. The molecule has 0 spiro atoms. The van der Waals surface area contributed by atoms with Crippen LogP contribution in [0.4, 0.5) is 10.1 Å². The van der Waals surface area contributed by atoms with Gasteiger partial charge in [0.05, 0.1) is 10.6 Å². The molecule has 0 bridgehead atoms. The first kappa shape index (κ1) is 23.8. The monoisotopic (exact) mass is 452 g/mol. The Morgan fingerprint density at radius 2 is 1.66 bits per heavy atom.